The van der Waals surface area contributed by atoms with Gasteiger partial charge in [-0.25, -0.2) is 0 Å². The lowest BCUT2D eigenvalue weighted by atomic mass is 10.1. The molecule has 4 nitrogen and oxygen atoms in total. The quantitative estimate of drug-likeness (QED) is 0.852. The van der Waals surface area contributed by atoms with E-state index in [4.69, 9.17) is 0 Å². The summed E-state index contributed by atoms with van der Waals surface area (Å²) in [7, 11) is 0. The van der Waals surface area contributed by atoms with E-state index in [0.717, 1.165) is 17.1 Å². The molecule has 1 atom stereocenters. The molecule has 1 N–H and O–H groups in total. The zero-order valence-electron chi connectivity index (χ0n) is 9.38. The van der Waals surface area contributed by atoms with Crippen LogP contribution in [0.25, 0.3) is 0 Å². The van der Waals surface area contributed by atoms with Crippen molar-refractivity contribution in [1.29, 1.82) is 0 Å². The van der Waals surface area contributed by atoms with Gasteiger partial charge in [-0.1, -0.05) is 6.07 Å². The van der Waals surface area contributed by atoms with E-state index >= 15 is 0 Å². The molecule has 0 bridgehead atoms. The maximum atomic E-state index is 4.09. The van der Waals surface area contributed by atoms with Crippen LogP contribution in [0.3, 0.4) is 0 Å². The van der Waals surface area contributed by atoms with Gasteiger partial charge in [0.1, 0.15) is 5.82 Å². The number of aromatic nitrogens is 3. The third-order valence-electron chi connectivity index (χ3n) is 2.35. The number of nitrogens with zero attached hydrogens (tertiary/aromatic N) is 3. The van der Waals surface area contributed by atoms with Crippen molar-refractivity contribution in [2.75, 3.05) is 5.32 Å². The molecule has 0 aromatic carbocycles. The fourth-order valence-corrected chi connectivity index (χ4v) is 1.41. The molecule has 0 aliphatic heterocycles. The van der Waals surface area contributed by atoms with Crippen LogP contribution in [0.15, 0.2) is 36.7 Å². The van der Waals surface area contributed by atoms with Crippen molar-refractivity contribution in [1.82, 2.24) is 15.2 Å². The van der Waals surface area contributed by atoms with Gasteiger partial charge in [-0.15, -0.1) is 5.10 Å². The number of nitrogens with one attached hydrogen (secondary N) is 1. The lowest BCUT2D eigenvalue weighted by Crippen LogP contribution is -2.08. The molecule has 0 amide bonds. The van der Waals surface area contributed by atoms with E-state index in [9.17, 15) is 0 Å². The molecule has 0 aliphatic rings. The summed E-state index contributed by atoms with van der Waals surface area (Å²) in [6.45, 7) is 3.99. The average molecular weight is 214 g/mol. The van der Waals surface area contributed by atoms with Crippen molar-refractivity contribution in [2.45, 2.75) is 19.9 Å². The highest BCUT2D eigenvalue weighted by atomic mass is 15.2. The first-order chi connectivity index (χ1) is 7.75. The molecular formula is C12H14N4. The molecule has 2 heterocycles. The van der Waals surface area contributed by atoms with Crippen molar-refractivity contribution < 1.29 is 0 Å². The van der Waals surface area contributed by atoms with Crippen LogP contribution in [-0.2, 0) is 0 Å². The van der Waals surface area contributed by atoms with Gasteiger partial charge in [-0.05, 0) is 37.6 Å². The van der Waals surface area contributed by atoms with Gasteiger partial charge in [0.15, 0.2) is 0 Å². The molecular weight excluding hydrogens is 200 g/mol. The maximum absolute atomic E-state index is 4.09. The molecule has 0 saturated carbocycles. The van der Waals surface area contributed by atoms with E-state index in [-0.39, 0.29) is 6.04 Å². The Bertz CT molecular complexity index is 438. The number of anilines is 1. The first-order valence-corrected chi connectivity index (χ1v) is 5.22. The molecule has 82 valence electrons. The Hall–Kier alpha value is -1.97. The Labute approximate surface area is 94.8 Å². The molecule has 2 aromatic heterocycles. The van der Waals surface area contributed by atoms with Crippen LogP contribution in [0, 0.1) is 6.92 Å². The fourth-order valence-electron chi connectivity index (χ4n) is 1.41. The van der Waals surface area contributed by atoms with Crippen LogP contribution in [0.4, 0.5) is 5.82 Å². The number of hydrogen-bond donors (Lipinski definition) is 1. The van der Waals surface area contributed by atoms with E-state index in [0.29, 0.717) is 0 Å². The Morgan fingerprint density at radius 3 is 2.69 bits per heavy atom. The molecule has 4 heteroatoms. The summed E-state index contributed by atoms with van der Waals surface area (Å²) in [4.78, 5) is 4.09. The Kier molecular flexibility index (Phi) is 3.10. The Morgan fingerprint density at radius 2 is 2.06 bits per heavy atom. The highest BCUT2D eigenvalue weighted by Gasteiger charge is 2.05. The number of hydrogen-bond acceptors (Lipinski definition) is 4. The van der Waals surface area contributed by atoms with Crippen molar-refractivity contribution >= 4 is 5.82 Å². The minimum atomic E-state index is 0.172. The zero-order valence-corrected chi connectivity index (χ0v) is 9.38. The summed E-state index contributed by atoms with van der Waals surface area (Å²) in [6, 6.07) is 7.99. The van der Waals surface area contributed by atoms with Gasteiger partial charge in [-0.3, -0.25) is 4.98 Å². The summed E-state index contributed by atoms with van der Waals surface area (Å²) < 4.78 is 0. The predicted octanol–water partition coefficient (Wildman–Crippen LogP) is 2.35. The summed E-state index contributed by atoms with van der Waals surface area (Å²) in [5.74, 6) is 0.780. The fraction of sp³-hybridized carbons (Fsp3) is 0.250. The van der Waals surface area contributed by atoms with Crippen LogP contribution in [-0.4, -0.2) is 15.2 Å². The highest BCUT2D eigenvalue weighted by molar-refractivity contribution is 5.36. The molecule has 2 aromatic rings. The van der Waals surface area contributed by atoms with Gasteiger partial charge < -0.3 is 5.32 Å². The third kappa shape index (κ3) is 2.53. The second-order valence-electron chi connectivity index (χ2n) is 3.71. The van der Waals surface area contributed by atoms with Crippen molar-refractivity contribution in [3.8, 4) is 0 Å². The average Bonchev–Trinajstić information content (AvgIpc) is 2.33. The second kappa shape index (κ2) is 4.70. The Balaban J connectivity index is 2.08. The lowest BCUT2D eigenvalue weighted by molar-refractivity contribution is 0.849. The summed E-state index contributed by atoms with van der Waals surface area (Å²) in [5.41, 5.74) is 2.05. The van der Waals surface area contributed by atoms with Gasteiger partial charge >= 0.3 is 0 Å². The molecule has 0 radical (unpaired) electrons. The first-order valence-electron chi connectivity index (χ1n) is 5.22. The van der Waals surface area contributed by atoms with Crippen LogP contribution < -0.4 is 5.32 Å². The zero-order chi connectivity index (χ0) is 11.4. The molecule has 2 rings (SSSR count). The van der Waals surface area contributed by atoms with Gasteiger partial charge in [0.25, 0.3) is 0 Å². The van der Waals surface area contributed by atoms with Crippen LogP contribution in [0.5, 0.6) is 0 Å². The minimum absolute atomic E-state index is 0.172. The van der Waals surface area contributed by atoms with Crippen molar-refractivity contribution in [2.24, 2.45) is 0 Å². The molecule has 0 saturated heterocycles. The van der Waals surface area contributed by atoms with E-state index in [1.807, 2.05) is 37.4 Å². The maximum Gasteiger partial charge on any atom is 0.149 e. The SMILES string of the molecule is Cc1ccc(NC(C)c2cccnc2)nn1. The number of rotatable bonds is 3. The van der Waals surface area contributed by atoms with E-state index in [1.165, 1.54) is 0 Å². The summed E-state index contributed by atoms with van der Waals surface area (Å²) in [6.07, 6.45) is 3.61. The third-order valence-corrected chi connectivity index (χ3v) is 2.35. The molecule has 0 fully saturated rings. The van der Waals surface area contributed by atoms with Gasteiger partial charge in [0.2, 0.25) is 0 Å². The van der Waals surface area contributed by atoms with Crippen LogP contribution in [0.2, 0.25) is 0 Å². The highest BCUT2D eigenvalue weighted by Crippen LogP contribution is 2.15. The van der Waals surface area contributed by atoms with Gasteiger partial charge in [-0.2, -0.15) is 5.10 Å². The van der Waals surface area contributed by atoms with E-state index in [2.05, 4.69) is 27.4 Å². The Morgan fingerprint density at radius 1 is 1.19 bits per heavy atom. The smallest absolute Gasteiger partial charge is 0.149 e. The van der Waals surface area contributed by atoms with Gasteiger partial charge in [0.05, 0.1) is 11.7 Å². The minimum Gasteiger partial charge on any atom is -0.362 e. The second-order valence-corrected chi connectivity index (χ2v) is 3.71. The van der Waals surface area contributed by atoms with Crippen molar-refractivity contribution in [3.63, 3.8) is 0 Å². The standard InChI is InChI=1S/C12H14N4/c1-9-5-6-12(16-15-9)14-10(2)11-4-3-7-13-8-11/h3-8,10H,1-2H3,(H,14,16). The molecule has 0 aliphatic carbocycles. The largest absolute Gasteiger partial charge is 0.362 e. The topological polar surface area (TPSA) is 50.7 Å². The molecule has 1 unspecified atom stereocenters. The molecule has 0 spiro atoms. The number of pyridine rings is 1. The van der Waals surface area contributed by atoms with E-state index < -0.39 is 0 Å². The normalized spacial score (nSPS) is 12.1. The van der Waals surface area contributed by atoms with Crippen LogP contribution in [0.1, 0.15) is 24.2 Å². The predicted molar refractivity (Wildman–Crippen MR) is 63.0 cm³/mol. The summed E-state index contributed by atoms with van der Waals surface area (Å²) >= 11 is 0. The first kappa shape index (κ1) is 10.5. The van der Waals surface area contributed by atoms with E-state index in [1.54, 1.807) is 6.20 Å². The molecule has 16 heavy (non-hydrogen) atoms. The number of aryl methyl sites for hydroxylation is 1. The lowest BCUT2D eigenvalue weighted by Gasteiger charge is -2.13. The summed E-state index contributed by atoms with van der Waals surface area (Å²) in [5, 5.41) is 11.3. The van der Waals surface area contributed by atoms with Gasteiger partial charge in [0, 0.05) is 12.4 Å². The van der Waals surface area contributed by atoms with Crippen LogP contribution >= 0.6 is 0 Å². The monoisotopic (exact) mass is 214 g/mol. The van der Waals surface area contributed by atoms with Crippen molar-refractivity contribution in [3.05, 3.63) is 47.9 Å².